The standard InChI is InChI=1S/C7H5Br2F/c8-4-5-6(9)2-1-3-7(5)10/h1-3H,4H2. The predicted octanol–water partition coefficient (Wildman–Crippen LogP) is 3.48. The van der Waals surface area contributed by atoms with Crippen molar-refractivity contribution >= 4 is 31.9 Å². The van der Waals surface area contributed by atoms with E-state index in [4.69, 9.17) is 0 Å². The molecule has 0 fully saturated rings. The van der Waals surface area contributed by atoms with Gasteiger partial charge in [0.1, 0.15) is 5.82 Å². The molecule has 0 nitrogen and oxygen atoms in total. The first kappa shape index (κ1) is 8.21. The SMILES string of the molecule is Fc1cccc(Br)c1CBr. The highest BCUT2D eigenvalue weighted by Gasteiger charge is 2.02. The van der Waals surface area contributed by atoms with E-state index >= 15 is 0 Å². The maximum absolute atomic E-state index is 12.8. The second-order valence-corrected chi connectivity index (χ2v) is 3.25. The average Bonchev–Trinajstić information content (AvgIpc) is 1.88. The van der Waals surface area contributed by atoms with Gasteiger partial charge in [0.05, 0.1) is 0 Å². The minimum atomic E-state index is -0.175. The third kappa shape index (κ3) is 1.58. The normalized spacial score (nSPS) is 9.90. The summed E-state index contributed by atoms with van der Waals surface area (Å²) in [7, 11) is 0. The van der Waals surface area contributed by atoms with Crippen molar-refractivity contribution in [1.82, 2.24) is 0 Å². The minimum absolute atomic E-state index is 0.175. The summed E-state index contributed by atoms with van der Waals surface area (Å²) in [5.41, 5.74) is 0.669. The second kappa shape index (κ2) is 3.49. The Morgan fingerprint density at radius 2 is 2.10 bits per heavy atom. The van der Waals surface area contributed by atoms with Crippen molar-refractivity contribution in [3.05, 3.63) is 34.1 Å². The first-order valence-electron chi connectivity index (χ1n) is 2.74. The molecule has 0 bridgehead atoms. The van der Waals surface area contributed by atoms with E-state index < -0.39 is 0 Å². The van der Waals surface area contributed by atoms with E-state index in [1.54, 1.807) is 6.07 Å². The average molecular weight is 268 g/mol. The van der Waals surface area contributed by atoms with Gasteiger partial charge in [-0.2, -0.15) is 0 Å². The van der Waals surface area contributed by atoms with Crippen LogP contribution in [0.4, 0.5) is 4.39 Å². The van der Waals surface area contributed by atoms with Crippen LogP contribution in [0, 0.1) is 5.82 Å². The summed E-state index contributed by atoms with van der Waals surface area (Å²) in [6, 6.07) is 4.94. The zero-order chi connectivity index (χ0) is 7.56. The number of alkyl halides is 1. The Bertz CT molecular complexity index is 215. The summed E-state index contributed by atoms with van der Waals surface area (Å²) in [5, 5.41) is 0.542. The highest BCUT2D eigenvalue weighted by Crippen LogP contribution is 2.21. The van der Waals surface area contributed by atoms with Crippen LogP contribution < -0.4 is 0 Å². The molecule has 0 amide bonds. The third-order valence-corrected chi connectivity index (χ3v) is 2.50. The van der Waals surface area contributed by atoms with E-state index in [1.807, 2.05) is 6.07 Å². The molecule has 0 aromatic heterocycles. The number of benzene rings is 1. The van der Waals surface area contributed by atoms with Gasteiger partial charge in [-0.05, 0) is 12.1 Å². The molecule has 0 spiro atoms. The largest absolute Gasteiger partial charge is 0.207 e. The number of rotatable bonds is 1. The summed E-state index contributed by atoms with van der Waals surface area (Å²) in [5.74, 6) is -0.175. The van der Waals surface area contributed by atoms with Crippen molar-refractivity contribution in [2.24, 2.45) is 0 Å². The van der Waals surface area contributed by atoms with Crippen molar-refractivity contribution in [1.29, 1.82) is 0 Å². The fourth-order valence-corrected chi connectivity index (χ4v) is 2.09. The van der Waals surface area contributed by atoms with Gasteiger partial charge in [-0.3, -0.25) is 0 Å². The van der Waals surface area contributed by atoms with Crippen molar-refractivity contribution in [2.75, 3.05) is 0 Å². The molecule has 0 aliphatic heterocycles. The molecule has 0 saturated heterocycles. The topological polar surface area (TPSA) is 0 Å². The van der Waals surface area contributed by atoms with Crippen LogP contribution in [-0.4, -0.2) is 0 Å². The fourth-order valence-electron chi connectivity index (χ4n) is 0.660. The molecule has 10 heavy (non-hydrogen) atoms. The monoisotopic (exact) mass is 266 g/mol. The Morgan fingerprint density at radius 1 is 1.40 bits per heavy atom. The van der Waals surface area contributed by atoms with E-state index in [9.17, 15) is 4.39 Å². The lowest BCUT2D eigenvalue weighted by molar-refractivity contribution is 0.616. The quantitative estimate of drug-likeness (QED) is 0.684. The van der Waals surface area contributed by atoms with Crippen LogP contribution in [0.3, 0.4) is 0 Å². The van der Waals surface area contributed by atoms with E-state index in [2.05, 4.69) is 31.9 Å². The van der Waals surface area contributed by atoms with Crippen LogP contribution in [0.1, 0.15) is 5.56 Å². The summed E-state index contributed by atoms with van der Waals surface area (Å²) in [6.07, 6.45) is 0. The first-order chi connectivity index (χ1) is 4.75. The number of halogens is 3. The van der Waals surface area contributed by atoms with Crippen LogP contribution in [0.15, 0.2) is 22.7 Å². The number of hydrogen-bond donors (Lipinski definition) is 0. The molecule has 0 aliphatic carbocycles. The van der Waals surface area contributed by atoms with Crippen molar-refractivity contribution in [3.63, 3.8) is 0 Å². The van der Waals surface area contributed by atoms with Gasteiger partial charge in [-0.25, -0.2) is 4.39 Å². The van der Waals surface area contributed by atoms with Crippen LogP contribution in [-0.2, 0) is 5.33 Å². The molecule has 0 atom stereocenters. The van der Waals surface area contributed by atoms with Crippen LogP contribution in [0.2, 0.25) is 0 Å². The van der Waals surface area contributed by atoms with Gasteiger partial charge in [0.25, 0.3) is 0 Å². The molecule has 0 N–H and O–H groups in total. The van der Waals surface area contributed by atoms with E-state index in [0.29, 0.717) is 10.9 Å². The van der Waals surface area contributed by atoms with Gasteiger partial charge in [0, 0.05) is 15.4 Å². The van der Waals surface area contributed by atoms with Crippen molar-refractivity contribution in [2.45, 2.75) is 5.33 Å². The molecule has 1 aromatic carbocycles. The zero-order valence-electron chi connectivity index (χ0n) is 5.07. The lowest BCUT2D eigenvalue weighted by Crippen LogP contribution is -1.85. The van der Waals surface area contributed by atoms with Gasteiger partial charge >= 0.3 is 0 Å². The van der Waals surface area contributed by atoms with Gasteiger partial charge in [-0.1, -0.05) is 37.9 Å². The van der Waals surface area contributed by atoms with Gasteiger partial charge in [-0.15, -0.1) is 0 Å². The van der Waals surface area contributed by atoms with Crippen molar-refractivity contribution in [3.8, 4) is 0 Å². The lowest BCUT2D eigenvalue weighted by Gasteiger charge is -1.99. The van der Waals surface area contributed by atoms with Crippen molar-refractivity contribution < 1.29 is 4.39 Å². The van der Waals surface area contributed by atoms with Gasteiger partial charge in [0.15, 0.2) is 0 Å². The Labute approximate surface area is 75.7 Å². The third-order valence-electron chi connectivity index (χ3n) is 1.20. The lowest BCUT2D eigenvalue weighted by atomic mass is 10.2. The summed E-state index contributed by atoms with van der Waals surface area (Å²) < 4.78 is 13.6. The molecule has 3 heteroatoms. The Morgan fingerprint density at radius 3 is 2.50 bits per heavy atom. The van der Waals surface area contributed by atoms with E-state index in [1.165, 1.54) is 6.07 Å². The molecule has 0 saturated carbocycles. The maximum atomic E-state index is 12.8. The molecule has 1 rings (SSSR count). The van der Waals surface area contributed by atoms with Crippen LogP contribution in [0.25, 0.3) is 0 Å². The molecule has 0 radical (unpaired) electrons. The Hall–Kier alpha value is 0.110. The Balaban J connectivity index is 3.17. The highest BCUT2D eigenvalue weighted by molar-refractivity contribution is 9.10. The summed E-state index contributed by atoms with van der Waals surface area (Å²) >= 11 is 6.43. The fraction of sp³-hybridized carbons (Fsp3) is 0.143. The number of hydrogen-bond acceptors (Lipinski definition) is 0. The highest BCUT2D eigenvalue weighted by atomic mass is 79.9. The molecule has 0 aliphatic rings. The van der Waals surface area contributed by atoms with Crippen LogP contribution in [0.5, 0.6) is 0 Å². The first-order valence-corrected chi connectivity index (χ1v) is 4.66. The smallest absolute Gasteiger partial charge is 0.128 e. The van der Waals surface area contributed by atoms with Gasteiger partial charge in [0.2, 0.25) is 0 Å². The molecule has 0 heterocycles. The van der Waals surface area contributed by atoms with Crippen LogP contribution >= 0.6 is 31.9 Å². The Kier molecular flexibility index (Phi) is 2.86. The van der Waals surface area contributed by atoms with Gasteiger partial charge < -0.3 is 0 Å². The molecular formula is C7H5Br2F. The maximum Gasteiger partial charge on any atom is 0.128 e. The molecule has 54 valence electrons. The molecular weight excluding hydrogens is 263 g/mol. The minimum Gasteiger partial charge on any atom is -0.207 e. The predicted molar refractivity (Wildman–Crippen MR) is 46.7 cm³/mol. The second-order valence-electron chi connectivity index (χ2n) is 1.83. The van der Waals surface area contributed by atoms with E-state index in [-0.39, 0.29) is 5.82 Å². The molecule has 1 aromatic rings. The zero-order valence-corrected chi connectivity index (χ0v) is 8.25. The summed E-state index contributed by atoms with van der Waals surface area (Å²) in [6.45, 7) is 0. The molecule has 0 unspecified atom stereocenters. The van der Waals surface area contributed by atoms with E-state index in [0.717, 1.165) is 4.47 Å². The summed E-state index contributed by atoms with van der Waals surface area (Å²) in [4.78, 5) is 0.